The van der Waals surface area contributed by atoms with E-state index in [4.69, 9.17) is 14.2 Å². The van der Waals surface area contributed by atoms with Gasteiger partial charge in [0.15, 0.2) is 5.65 Å². The van der Waals surface area contributed by atoms with Crippen molar-refractivity contribution in [1.29, 1.82) is 0 Å². The molecule has 3 atom stereocenters. The van der Waals surface area contributed by atoms with Crippen molar-refractivity contribution in [3.8, 4) is 5.88 Å². The highest BCUT2D eigenvalue weighted by Crippen LogP contribution is 2.33. The third-order valence-electron chi connectivity index (χ3n) is 4.04. The lowest BCUT2D eigenvalue weighted by atomic mass is 10.2. The Morgan fingerprint density at radius 2 is 2.19 bits per heavy atom. The number of hydrogen-bond acceptors (Lipinski definition) is 8. The number of aromatic nitrogens is 3. The molecular formula is C17H24N4O6. The van der Waals surface area contributed by atoms with Crippen LogP contribution in [0.4, 0.5) is 10.7 Å². The molecule has 10 heteroatoms. The van der Waals surface area contributed by atoms with Gasteiger partial charge in [-0.25, -0.2) is 4.79 Å². The summed E-state index contributed by atoms with van der Waals surface area (Å²) in [6.07, 6.45) is -0.596. The van der Waals surface area contributed by atoms with E-state index in [0.717, 1.165) is 0 Å². The van der Waals surface area contributed by atoms with E-state index in [1.165, 1.54) is 7.11 Å². The molecule has 0 saturated carbocycles. The lowest BCUT2D eigenvalue weighted by Crippen LogP contribution is -2.28. The Bertz CT molecular complexity index is 831. The van der Waals surface area contributed by atoms with Crippen LogP contribution in [0.15, 0.2) is 12.3 Å². The van der Waals surface area contributed by atoms with Crippen LogP contribution in [-0.4, -0.2) is 62.4 Å². The molecule has 0 aliphatic carbocycles. The Balaban J connectivity index is 1.93. The van der Waals surface area contributed by atoms with Gasteiger partial charge in [-0.05, 0) is 26.8 Å². The normalized spacial score (nSPS) is 22.8. The van der Waals surface area contributed by atoms with Gasteiger partial charge in [-0.1, -0.05) is 0 Å². The van der Waals surface area contributed by atoms with Crippen LogP contribution >= 0.6 is 0 Å². The highest BCUT2D eigenvalue weighted by molar-refractivity contribution is 5.87. The van der Waals surface area contributed by atoms with Gasteiger partial charge in [0.1, 0.15) is 17.9 Å². The summed E-state index contributed by atoms with van der Waals surface area (Å²) in [5.74, 6) is 0.299. The fourth-order valence-electron chi connectivity index (χ4n) is 2.89. The molecule has 3 unspecified atom stereocenters. The third-order valence-corrected chi connectivity index (χ3v) is 4.04. The van der Waals surface area contributed by atoms with Crippen molar-refractivity contribution in [3.05, 3.63) is 12.3 Å². The minimum atomic E-state index is -0.777. The number of nitrogens with zero attached hydrogens (tertiary/aromatic N) is 3. The van der Waals surface area contributed by atoms with E-state index in [2.05, 4.69) is 15.3 Å². The summed E-state index contributed by atoms with van der Waals surface area (Å²) < 4.78 is 17.9. The summed E-state index contributed by atoms with van der Waals surface area (Å²) in [5.41, 5.74) is -0.199. The average Bonchev–Trinajstić information content (AvgIpc) is 3.15. The first kappa shape index (κ1) is 19.3. The Morgan fingerprint density at radius 1 is 1.44 bits per heavy atom. The van der Waals surface area contributed by atoms with Gasteiger partial charge < -0.3 is 29.0 Å². The molecule has 1 aliphatic rings. The number of ether oxygens (including phenoxy) is 3. The molecule has 0 aromatic carbocycles. The van der Waals surface area contributed by atoms with Crippen LogP contribution < -0.4 is 10.1 Å². The van der Waals surface area contributed by atoms with Crippen LogP contribution in [0, 0.1) is 0 Å². The number of fused-ring (bicyclic) bond motifs is 1. The van der Waals surface area contributed by atoms with E-state index in [9.17, 15) is 15.0 Å². The van der Waals surface area contributed by atoms with Crippen LogP contribution in [0.25, 0.3) is 11.0 Å². The quantitative estimate of drug-likeness (QED) is 0.727. The standard InChI is InChI=1S/C17H24N4O6/c1-17(2,3)27-16(24)20-15-18-13-9(14(19-15)25-4)5-6-21(13)12-7-10(23)11(8-22)26-12/h5-6,10-12,22-23H,7-8H2,1-4H3,(H,18,19,20,24). The maximum absolute atomic E-state index is 12.0. The van der Waals surface area contributed by atoms with E-state index in [1.54, 1.807) is 37.6 Å². The first-order chi connectivity index (χ1) is 12.7. The highest BCUT2D eigenvalue weighted by atomic mass is 16.6. The molecule has 0 radical (unpaired) electrons. The lowest BCUT2D eigenvalue weighted by Gasteiger charge is -2.19. The number of carbonyl (C=O) groups excluding carboxylic acids is 1. The fraction of sp³-hybridized carbons (Fsp3) is 0.588. The zero-order valence-electron chi connectivity index (χ0n) is 15.7. The molecule has 10 nitrogen and oxygen atoms in total. The summed E-state index contributed by atoms with van der Waals surface area (Å²) >= 11 is 0. The molecule has 3 N–H and O–H groups in total. The summed E-state index contributed by atoms with van der Waals surface area (Å²) in [5, 5.41) is 22.4. The SMILES string of the molecule is COc1nc(NC(=O)OC(C)(C)C)nc2c1ccn2C1CC(O)C(CO)O1. The van der Waals surface area contributed by atoms with Crippen LogP contribution in [0.1, 0.15) is 33.4 Å². The molecule has 0 spiro atoms. The Labute approximate surface area is 156 Å². The maximum Gasteiger partial charge on any atom is 0.414 e. The van der Waals surface area contributed by atoms with Crippen molar-refractivity contribution in [1.82, 2.24) is 14.5 Å². The summed E-state index contributed by atoms with van der Waals surface area (Å²) in [7, 11) is 1.47. The largest absolute Gasteiger partial charge is 0.480 e. The van der Waals surface area contributed by atoms with E-state index < -0.39 is 30.1 Å². The Morgan fingerprint density at radius 3 is 2.78 bits per heavy atom. The van der Waals surface area contributed by atoms with Gasteiger partial charge >= 0.3 is 6.09 Å². The van der Waals surface area contributed by atoms with Crippen molar-refractivity contribution in [2.24, 2.45) is 0 Å². The van der Waals surface area contributed by atoms with Crippen molar-refractivity contribution in [2.45, 2.75) is 51.2 Å². The number of methoxy groups -OCH3 is 1. The molecule has 1 amide bonds. The van der Waals surface area contributed by atoms with Crippen LogP contribution in [0.3, 0.4) is 0 Å². The molecule has 1 aliphatic heterocycles. The van der Waals surface area contributed by atoms with Gasteiger partial charge in [0, 0.05) is 12.6 Å². The second-order valence-electron chi connectivity index (χ2n) is 7.26. The van der Waals surface area contributed by atoms with Crippen LogP contribution in [-0.2, 0) is 9.47 Å². The predicted molar refractivity (Wildman–Crippen MR) is 95.6 cm³/mol. The average molecular weight is 380 g/mol. The van der Waals surface area contributed by atoms with E-state index in [-0.39, 0.29) is 18.4 Å². The van der Waals surface area contributed by atoms with Gasteiger partial charge in [-0.3, -0.25) is 5.32 Å². The topological polar surface area (TPSA) is 128 Å². The monoisotopic (exact) mass is 380 g/mol. The minimum Gasteiger partial charge on any atom is -0.480 e. The number of anilines is 1. The van der Waals surface area contributed by atoms with Crippen LogP contribution in [0.5, 0.6) is 5.88 Å². The number of aliphatic hydroxyl groups excluding tert-OH is 2. The number of carbonyl (C=O) groups is 1. The van der Waals surface area contributed by atoms with Crippen molar-refractivity contribution >= 4 is 23.1 Å². The fourth-order valence-corrected chi connectivity index (χ4v) is 2.89. The van der Waals surface area contributed by atoms with E-state index in [0.29, 0.717) is 17.5 Å². The molecule has 2 aromatic heterocycles. The number of hydrogen-bond donors (Lipinski definition) is 3. The molecule has 3 rings (SSSR count). The molecule has 148 valence electrons. The summed E-state index contributed by atoms with van der Waals surface area (Å²) in [4.78, 5) is 20.6. The van der Waals surface area contributed by atoms with Gasteiger partial charge in [-0.2, -0.15) is 9.97 Å². The second-order valence-corrected chi connectivity index (χ2v) is 7.26. The van der Waals surface area contributed by atoms with Gasteiger partial charge in [-0.15, -0.1) is 0 Å². The maximum atomic E-state index is 12.0. The number of rotatable bonds is 4. The molecule has 3 heterocycles. The number of aliphatic hydroxyl groups is 2. The Hall–Kier alpha value is -2.43. The molecule has 0 bridgehead atoms. The van der Waals surface area contributed by atoms with Crippen molar-refractivity contribution in [2.75, 3.05) is 19.0 Å². The minimum absolute atomic E-state index is 0.0193. The van der Waals surface area contributed by atoms with E-state index >= 15 is 0 Å². The molecular weight excluding hydrogens is 356 g/mol. The molecule has 1 saturated heterocycles. The highest BCUT2D eigenvalue weighted by Gasteiger charge is 2.35. The third kappa shape index (κ3) is 4.12. The van der Waals surface area contributed by atoms with Gasteiger partial charge in [0.2, 0.25) is 11.8 Å². The summed E-state index contributed by atoms with van der Waals surface area (Å²) in [6.45, 7) is 4.98. The molecule has 27 heavy (non-hydrogen) atoms. The first-order valence-corrected chi connectivity index (χ1v) is 8.59. The number of amides is 1. The van der Waals surface area contributed by atoms with Crippen LogP contribution in [0.2, 0.25) is 0 Å². The van der Waals surface area contributed by atoms with Crippen molar-refractivity contribution < 1.29 is 29.2 Å². The van der Waals surface area contributed by atoms with Crippen molar-refractivity contribution in [3.63, 3.8) is 0 Å². The van der Waals surface area contributed by atoms with Gasteiger partial charge in [0.25, 0.3) is 0 Å². The van der Waals surface area contributed by atoms with Gasteiger partial charge in [0.05, 0.1) is 25.2 Å². The zero-order valence-corrected chi connectivity index (χ0v) is 15.7. The molecule has 1 fully saturated rings. The number of nitrogens with one attached hydrogen (secondary N) is 1. The zero-order chi connectivity index (χ0) is 19.8. The lowest BCUT2D eigenvalue weighted by molar-refractivity contribution is -0.0430. The Kier molecular flexibility index (Phi) is 5.22. The first-order valence-electron chi connectivity index (χ1n) is 8.59. The second kappa shape index (κ2) is 7.29. The summed E-state index contributed by atoms with van der Waals surface area (Å²) in [6, 6.07) is 1.76. The smallest absolute Gasteiger partial charge is 0.414 e. The molecule has 2 aromatic rings. The van der Waals surface area contributed by atoms with E-state index in [1.807, 2.05) is 0 Å². The predicted octanol–water partition coefficient (Wildman–Crippen LogP) is 1.43.